The maximum absolute atomic E-state index is 13.4. The number of sulfonamides is 1. The smallest absolute Gasteiger partial charge is 0.207 e. The molecule has 0 amide bonds. The van der Waals surface area contributed by atoms with E-state index >= 15 is 0 Å². The zero-order valence-electron chi connectivity index (χ0n) is 14.6. The van der Waals surface area contributed by atoms with Crippen LogP contribution in [0.5, 0.6) is 0 Å². The third-order valence-corrected chi connectivity index (χ3v) is 6.92. The van der Waals surface area contributed by atoms with Crippen molar-refractivity contribution in [2.45, 2.75) is 43.5 Å². The predicted octanol–water partition coefficient (Wildman–Crippen LogP) is 4.43. The highest BCUT2D eigenvalue weighted by Gasteiger charge is 2.44. The minimum atomic E-state index is -3.77. The van der Waals surface area contributed by atoms with Crippen LogP contribution >= 0.6 is 0 Å². The van der Waals surface area contributed by atoms with Gasteiger partial charge < -0.3 is 0 Å². The summed E-state index contributed by atoms with van der Waals surface area (Å²) in [4.78, 5) is 0.234. The molecule has 0 saturated heterocycles. The van der Waals surface area contributed by atoms with Crippen LogP contribution in [0.3, 0.4) is 0 Å². The van der Waals surface area contributed by atoms with Crippen LogP contribution in [-0.2, 0) is 10.0 Å². The quantitative estimate of drug-likeness (QED) is 0.800. The van der Waals surface area contributed by atoms with Gasteiger partial charge in [0.25, 0.3) is 10.0 Å². The molecular weight excluding hydrogens is 351 g/mol. The van der Waals surface area contributed by atoms with Crippen LogP contribution in [0.25, 0.3) is 0 Å². The minimum absolute atomic E-state index is 0.0643. The fourth-order valence-electron chi connectivity index (χ4n) is 3.87. The molecule has 2 atom stereocenters. The van der Waals surface area contributed by atoms with Crippen LogP contribution in [0.15, 0.2) is 58.5 Å². The lowest BCUT2D eigenvalue weighted by Crippen LogP contribution is -2.31. The molecule has 1 heterocycles. The van der Waals surface area contributed by atoms with E-state index in [0.717, 1.165) is 42.5 Å². The SMILES string of the molecule is Cc1ccc(S(=O)(=O)N2N=C3CCCCC3C2c2ccc(F)cc2)cc1. The molecule has 2 aliphatic rings. The number of halogens is 1. The lowest BCUT2D eigenvalue weighted by molar-refractivity contribution is 0.308. The predicted molar refractivity (Wildman–Crippen MR) is 98.7 cm³/mol. The Balaban J connectivity index is 1.79. The molecule has 2 aromatic carbocycles. The van der Waals surface area contributed by atoms with E-state index in [0.29, 0.717) is 0 Å². The Kier molecular flexibility index (Phi) is 4.31. The Morgan fingerprint density at radius 1 is 1.04 bits per heavy atom. The van der Waals surface area contributed by atoms with Crippen molar-refractivity contribution in [1.82, 2.24) is 4.41 Å². The molecule has 6 heteroatoms. The summed E-state index contributed by atoms with van der Waals surface area (Å²) in [6.07, 6.45) is 3.81. The molecule has 1 fully saturated rings. The summed E-state index contributed by atoms with van der Waals surface area (Å²) in [5.74, 6) is -0.265. The van der Waals surface area contributed by atoms with E-state index < -0.39 is 16.1 Å². The van der Waals surface area contributed by atoms with Gasteiger partial charge in [-0.25, -0.2) is 4.39 Å². The van der Waals surface area contributed by atoms with Crippen LogP contribution in [0.2, 0.25) is 0 Å². The topological polar surface area (TPSA) is 49.7 Å². The van der Waals surface area contributed by atoms with E-state index in [1.54, 1.807) is 36.4 Å². The number of benzene rings is 2. The van der Waals surface area contributed by atoms with Gasteiger partial charge in [-0.2, -0.15) is 17.9 Å². The Morgan fingerprint density at radius 3 is 2.42 bits per heavy atom. The molecule has 1 aliphatic carbocycles. The number of hydrazone groups is 1. The van der Waals surface area contributed by atoms with Gasteiger partial charge in [-0.3, -0.25) is 0 Å². The monoisotopic (exact) mass is 372 g/mol. The third-order valence-electron chi connectivity index (χ3n) is 5.25. The largest absolute Gasteiger partial charge is 0.279 e. The summed E-state index contributed by atoms with van der Waals surface area (Å²) in [7, 11) is -3.77. The number of hydrogen-bond acceptors (Lipinski definition) is 3. The highest BCUT2D eigenvalue weighted by molar-refractivity contribution is 7.89. The molecule has 0 radical (unpaired) electrons. The number of rotatable bonds is 3. The van der Waals surface area contributed by atoms with Crippen molar-refractivity contribution in [1.29, 1.82) is 0 Å². The molecule has 4 rings (SSSR count). The zero-order chi connectivity index (χ0) is 18.3. The molecule has 4 nitrogen and oxygen atoms in total. The molecule has 2 aromatic rings. The van der Waals surface area contributed by atoms with Crippen molar-refractivity contribution in [3.05, 3.63) is 65.5 Å². The average molecular weight is 372 g/mol. The van der Waals surface area contributed by atoms with Gasteiger partial charge in [0.2, 0.25) is 0 Å². The molecule has 1 saturated carbocycles. The van der Waals surface area contributed by atoms with Gasteiger partial charge in [0.15, 0.2) is 0 Å². The molecule has 0 spiro atoms. The molecule has 1 aliphatic heterocycles. The lowest BCUT2D eigenvalue weighted by atomic mass is 9.81. The molecular formula is C20H21FN2O2S. The summed E-state index contributed by atoms with van der Waals surface area (Å²) < 4.78 is 41.2. The van der Waals surface area contributed by atoms with Crippen molar-refractivity contribution >= 4 is 15.7 Å². The second-order valence-corrected chi connectivity index (χ2v) is 8.83. The number of aryl methyl sites for hydroxylation is 1. The van der Waals surface area contributed by atoms with Gasteiger partial charge in [0, 0.05) is 11.6 Å². The zero-order valence-corrected chi connectivity index (χ0v) is 15.4. The van der Waals surface area contributed by atoms with E-state index in [1.807, 2.05) is 6.92 Å². The van der Waals surface area contributed by atoms with Gasteiger partial charge in [0.05, 0.1) is 10.9 Å². The number of nitrogens with zero attached hydrogens (tertiary/aromatic N) is 2. The molecule has 2 unspecified atom stereocenters. The molecule has 0 aromatic heterocycles. The van der Waals surface area contributed by atoms with Crippen LogP contribution in [0, 0.1) is 18.7 Å². The third kappa shape index (κ3) is 2.92. The summed E-state index contributed by atoms with van der Waals surface area (Å²) >= 11 is 0. The molecule has 26 heavy (non-hydrogen) atoms. The van der Waals surface area contributed by atoms with Crippen LogP contribution in [0.1, 0.15) is 42.9 Å². The van der Waals surface area contributed by atoms with Gasteiger partial charge in [0.1, 0.15) is 5.82 Å². The second kappa shape index (κ2) is 6.50. The van der Waals surface area contributed by atoms with Gasteiger partial charge >= 0.3 is 0 Å². The summed E-state index contributed by atoms with van der Waals surface area (Å²) in [5, 5.41) is 4.53. The fraction of sp³-hybridized carbons (Fsp3) is 0.350. The van der Waals surface area contributed by atoms with E-state index in [-0.39, 0.29) is 16.6 Å². The first-order valence-electron chi connectivity index (χ1n) is 8.91. The number of hydrogen-bond donors (Lipinski definition) is 0. The Morgan fingerprint density at radius 2 is 1.73 bits per heavy atom. The standard InChI is InChI=1S/C20H21FN2O2S/c1-14-6-12-17(13-7-14)26(24,25)23-20(15-8-10-16(21)11-9-15)18-4-2-3-5-19(18)22-23/h6-13,18,20H,2-5H2,1H3. The second-order valence-electron chi connectivity index (χ2n) is 7.03. The molecule has 0 bridgehead atoms. The molecule has 0 N–H and O–H groups in total. The van der Waals surface area contributed by atoms with Crippen molar-refractivity contribution < 1.29 is 12.8 Å². The summed E-state index contributed by atoms with van der Waals surface area (Å²) in [5.41, 5.74) is 2.73. The van der Waals surface area contributed by atoms with Gasteiger partial charge in [-0.05, 0) is 56.0 Å². The fourth-order valence-corrected chi connectivity index (χ4v) is 5.35. The van der Waals surface area contributed by atoms with Gasteiger partial charge in [-0.1, -0.05) is 36.2 Å². The average Bonchev–Trinajstić information content (AvgIpc) is 3.03. The maximum atomic E-state index is 13.4. The van der Waals surface area contributed by atoms with Crippen molar-refractivity contribution in [3.8, 4) is 0 Å². The normalized spacial score (nSPS) is 22.8. The minimum Gasteiger partial charge on any atom is -0.207 e. The van der Waals surface area contributed by atoms with Crippen molar-refractivity contribution in [2.24, 2.45) is 11.0 Å². The van der Waals surface area contributed by atoms with E-state index in [2.05, 4.69) is 5.10 Å². The summed E-state index contributed by atoms with van der Waals surface area (Å²) in [6.45, 7) is 1.92. The van der Waals surface area contributed by atoms with E-state index in [9.17, 15) is 12.8 Å². The Hall–Kier alpha value is -2.21. The van der Waals surface area contributed by atoms with Crippen LogP contribution in [-0.4, -0.2) is 18.5 Å². The van der Waals surface area contributed by atoms with E-state index in [1.165, 1.54) is 16.5 Å². The van der Waals surface area contributed by atoms with Crippen LogP contribution in [0.4, 0.5) is 4.39 Å². The lowest BCUT2D eigenvalue weighted by Gasteiger charge is -2.29. The van der Waals surface area contributed by atoms with Gasteiger partial charge in [-0.15, -0.1) is 0 Å². The first-order chi connectivity index (χ1) is 12.5. The van der Waals surface area contributed by atoms with Crippen LogP contribution < -0.4 is 0 Å². The Labute approximate surface area is 153 Å². The molecule has 136 valence electrons. The first kappa shape index (κ1) is 17.2. The first-order valence-corrected chi connectivity index (χ1v) is 10.3. The summed E-state index contributed by atoms with van der Waals surface area (Å²) in [6, 6.07) is 12.5. The number of fused-ring (bicyclic) bond motifs is 1. The van der Waals surface area contributed by atoms with E-state index in [4.69, 9.17) is 0 Å². The van der Waals surface area contributed by atoms with Crippen molar-refractivity contribution in [2.75, 3.05) is 0 Å². The Bertz CT molecular complexity index is 937. The highest BCUT2D eigenvalue weighted by Crippen LogP contribution is 2.44. The maximum Gasteiger partial charge on any atom is 0.279 e. The highest BCUT2D eigenvalue weighted by atomic mass is 32.2. The van der Waals surface area contributed by atoms with Crippen molar-refractivity contribution in [3.63, 3.8) is 0 Å².